The molecule has 0 aromatic heterocycles. The van der Waals surface area contributed by atoms with Gasteiger partial charge in [0.05, 0.1) is 0 Å². The zero-order valence-electron chi connectivity index (χ0n) is 11.4. The fourth-order valence-electron chi connectivity index (χ4n) is 3.14. The van der Waals surface area contributed by atoms with Gasteiger partial charge in [-0.05, 0) is 74.9 Å². The first kappa shape index (κ1) is 12.7. The van der Waals surface area contributed by atoms with Crippen molar-refractivity contribution < 1.29 is 4.79 Å². The Bertz CT molecular complexity index is 464. The van der Waals surface area contributed by atoms with Crippen LogP contribution in [0.4, 0.5) is 5.69 Å². The van der Waals surface area contributed by atoms with Gasteiger partial charge in [-0.25, -0.2) is 0 Å². The molecule has 102 valence electrons. The highest BCUT2D eigenvalue weighted by molar-refractivity contribution is 5.92. The summed E-state index contributed by atoms with van der Waals surface area (Å²) in [6.07, 6.45) is 6.84. The molecule has 19 heavy (non-hydrogen) atoms. The van der Waals surface area contributed by atoms with Crippen LogP contribution in [0.5, 0.6) is 0 Å². The Kier molecular flexibility index (Phi) is 3.83. The van der Waals surface area contributed by atoms with Gasteiger partial charge in [-0.1, -0.05) is 6.07 Å². The van der Waals surface area contributed by atoms with Gasteiger partial charge in [-0.15, -0.1) is 0 Å². The minimum atomic E-state index is 0.178. The van der Waals surface area contributed by atoms with E-state index in [9.17, 15) is 4.79 Å². The van der Waals surface area contributed by atoms with Crippen molar-refractivity contribution in [2.45, 2.75) is 38.5 Å². The summed E-state index contributed by atoms with van der Waals surface area (Å²) in [5, 5.41) is 6.39. The number of benzene rings is 1. The number of anilines is 1. The molecule has 0 unspecified atom stereocenters. The smallest absolute Gasteiger partial charge is 0.227 e. The summed E-state index contributed by atoms with van der Waals surface area (Å²) in [6.45, 7) is 1.92. The highest BCUT2D eigenvalue weighted by Gasteiger charge is 2.21. The van der Waals surface area contributed by atoms with E-state index in [4.69, 9.17) is 0 Å². The van der Waals surface area contributed by atoms with Crippen LogP contribution in [-0.4, -0.2) is 19.0 Å². The van der Waals surface area contributed by atoms with Crippen molar-refractivity contribution in [2.75, 3.05) is 18.4 Å². The molecule has 0 bridgehead atoms. The molecular weight excluding hydrogens is 236 g/mol. The minimum Gasteiger partial charge on any atom is -0.326 e. The van der Waals surface area contributed by atoms with Crippen LogP contribution in [0, 0.1) is 5.92 Å². The molecule has 1 aliphatic carbocycles. The Balaban J connectivity index is 1.67. The second-order valence-electron chi connectivity index (χ2n) is 5.70. The third kappa shape index (κ3) is 2.98. The normalized spacial score (nSPS) is 19.8. The van der Waals surface area contributed by atoms with Crippen LogP contribution in [0.3, 0.4) is 0 Å². The quantitative estimate of drug-likeness (QED) is 0.855. The molecule has 0 spiro atoms. The Hall–Kier alpha value is -1.35. The molecule has 2 aliphatic rings. The predicted molar refractivity (Wildman–Crippen MR) is 77.3 cm³/mol. The molecule has 3 nitrogen and oxygen atoms in total. The summed E-state index contributed by atoms with van der Waals surface area (Å²) in [5.74, 6) is 0.370. The average molecular weight is 258 g/mol. The lowest BCUT2D eigenvalue weighted by Crippen LogP contribution is -2.34. The molecule has 0 saturated carbocycles. The van der Waals surface area contributed by atoms with Gasteiger partial charge in [0.1, 0.15) is 0 Å². The lowest BCUT2D eigenvalue weighted by Gasteiger charge is -2.22. The Morgan fingerprint density at radius 1 is 1.11 bits per heavy atom. The first-order valence-electron chi connectivity index (χ1n) is 7.46. The second kappa shape index (κ2) is 5.74. The summed E-state index contributed by atoms with van der Waals surface area (Å²) in [7, 11) is 0. The number of carbonyl (C=O) groups is 1. The fraction of sp³-hybridized carbons (Fsp3) is 0.562. The number of fused-ring (bicyclic) bond motifs is 1. The number of nitrogens with one attached hydrogen (secondary N) is 2. The van der Waals surface area contributed by atoms with E-state index in [2.05, 4.69) is 28.8 Å². The lowest BCUT2D eigenvalue weighted by atomic mass is 9.91. The predicted octanol–water partition coefficient (Wildman–Crippen LogP) is 2.50. The van der Waals surface area contributed by atoms with Crippen LogP contribution in [-0.2, 0) is 17.6 Å². The first-order valence-corrected chi connectivity index (χ1v) is 7.46. The van der Waals surface area contributed by atoms with Gasteiger partial charge in [0.2, 0.25) is 5.91 Å². The van der Waals surface area contributed by atoms with E-state index in [1.54, 1.807) is 0 Å². The second-order valence-corrected chi connectivity index (χ2v) is 5.70. The minimum absolute atomic E-state index is 0.178. The zero-order chi connectivity index (χ0) is 13.1. The molecular formula is C16H22N2O. The van der Waals surface area contributed by atoms with E-state index in [0.717, 1.165) is 38.0 Å². The highest BCUT2D eigenvalue weighted by atomic mass is 16.1. The number of amides is 1. The lowest BCUT2D eigenvalue weighted by molar-refractivity contribution is -0.120. The maximum atomic E-state index is 12.2. The van der Waals surface area contributed by atoms with E-state index in [0.29, 0.717) is 0 Å². The summed E-state index contributed by atoms with van der Waals surface area (Å²) in [4.78, 5) is 12.2. The molecule has 1 amide bonds. The van der Waals surface area contributed by atoms with Crippen LogP contribution in [0.1, 0.15) is 36.8 Å². The van der Waals surface area contributed by atoms with Crippen LogP contribution >= 0.6 is 0 Å². The SMILES string of the molecule is O=C(Nc1ccc2c(c1)CCCC2)C1CCNCC1. The van der Waals surface area contributed by atoms with Gasteiger partial charge >= 0.3 is 0 Å². The van der Waals surface area contributed by atoms with Crippen molar-refractivity contribution in [3.8, 4) is 0 Å². The third-order valence-corrected chi connectivity index (χ3v) is 4.33. The van der Waals surface area contributed by atoms with E-state index in [1.165, 1.54) is 30.4 Å². The highest BCUT2D eigenvalue weighted by Crippen LogP contribution is 2.25. The van der Waals surface area contributed by atoms with Crippen LogP contribution in [0.2, 0.25) is 0 Å². The number of hydrogen-bond donors (Lipinski definition) is 2. The van der Waals surface area contributed by atoms with Crippen molar-refractivity contribution >= 4 is 11.6 Å². The summed E-state index contributed by atoms with van der Waals surface area (Å²) < 4.78 is 0. The molecule has 1 aromatic carbocycles. The standard InChI is InChI=1S/C16H22N2O/c19-16(13-7-9-17-10-8-13)18-15-6-5-12-3-1-2-4-14(12)11-15/h5-6,11,13,17H,1-4,7-10H2,(H,18,19). The molecule has 1 fully saturated rings. The molecule has 1 saturated heterocycles. The maximum Gasteiger partial charge on any atom is 0.227 e. The Morgan fingerprint density at radius 2 is 1.84 bits per heavy atom. The Labute approximate surface area is 114 Å². The van der Waals surface area contributed by atoms with Gasteiger partial charge < -0.3 is 10.6 Å². The number of aryl methyl sites for hydroxylation is 2. The largest absolute Gasteiger partial charge is 0.326 e. The van der Waals surface area contributed by atoms with Crippen molar-refractivity contribution in [1.29, 1.82) is 0 Å². The summed E-state index contributed by atoms with van der Waals surface area (Å²) in [6, 6.07) is 6.42. The van der Waals surface area contributed by atoms with Gasteiger partial charge in [0, 0.05) is 11.6 Å². The van der Waals surface area contributed by atoms with Gasteiger partial charge in [-0.3, -0.25) is 4.79 Å². The van der Waals surface area contributed by atoms with E-state index in [1.807, 2.05) is 0 Å². The van der Waals surface area contributed by atoms with E-state index in [-0.39, 0.29) is 11.8 Å². The monoisotopic (exact) mass is 258 g/mol. The number of carbonyl (C=O) groups excluding carboxylic acids is 1. The van der Waals surface area contributed by atoms with Gasteiger partial charge in [0.15, 0.2) is 0 Å². The van der Waals surface area contributed by atoms with Crippen LogP contribution in [0.25, 0.3) is 0 Å². The summed E-state index contributed by atoms with van der Waals surface area (Å²) in [5.41, 5.74) is 3.87. The molecule has 3 heteroatoms. The molecule has 1 aromatic rings. The van der Waals surface area contributed by atoms with Crippen molar-refractivity contribution in [3.05, 3.63) is 29.3 Å². The fourth-order valence-corrected chi connectivity index (χ4v) is 3.14. The van der Waals surface area contributed by atoms with Crippen molar-refractivity contribution in [2.24, 2.45) is 5.92 Å². The number of rotatable bonds is 2. The Morgan fingerprint density at radius 3 is 2.63 bits per heavy atom. The van der Waals surface area contributed by atoms with Crippen LogP contribution < -0.4 is 10.6 Å². The zero-order valence-corrected chi connectivity index (χ0v) is 11.4. The van der Waals surface area contributed by atoms with E-state index < -0.39 is 0 Å². The van der Waals surface area contributed by atoms with Crippen molar-refractivity contribution in [3.63, 3.8) is 0 Å². The summed E-state index contributed by atoms with van der Waals surface area (Å²) >= 11 is 0. The number of piperidine rings is 1. The molecule has 3 rings (SSSR count). The van der Waals surface area contributed by atoms with Gasteiger partial charge in [0.25, 0.3) is 0 Å². The van der Waals surface area contributed by atoms with Crippen molar-refractivity contribution in [1.82, 2.24) is 5.32 Å². The van der Waals surface area contributed by atoms with E-state index >= 15 is 0 Å². The molecule has 1 aliphatic heterocycles. The average Bonchev–Trinajstić information content (AvgIpc) is 2.48. The molecule has 0 atom stereocenters. The third-order valence-electron chi connectivity index (χ3n) is 4.33. The molecule has 1 heterocycles. The molecule has 2 N–H and O–H groups in total. The van der Waals surface area contributed by atoms with Crippen LogP contribution in [0.15, 0.2) is 18.2 Å². The topological polar surface area (TPSA) is 41.1 Å². The van der Waals surface area contributed by atoms with Gasteiger partial charge in [-0.2, -0.15) is 0 Å². The maximum absolute atomic E-state index is 12.2. The number of hydrogen-bond acceptors (Lipinski definition) is 2. The first-order chi connectivity index (χ1) is 9.33. The molecule has 0 radical (unpaired) electrons.